The molecular formula is C17H13N3O. The fraction of sp³-hybridized carbons (Fsp3) is 0. The monoisotopic (exact) mass is 275 g/mol. The standard InChI is InChI=1S/C17H13N3O/c21-17(12-13-6-1-3-10-18-13)16-9-5-8-15(20-16)14-7-2-4-11-19-14/h1-12,21H/b17-12+. The summed E-state index contributed by atoms with van der Waals surface area (Å²) in [6.07, 6.45) is 4.98. The smallest absolute Gasteiger partial charge is 0.143 e. The highest BCUT2D eigenvalue weighted by Gasteiger charge is 2.05. The van der Waals surface area contributed by atoms with E-state index in [4.69, 9.17) is 0 Å². The average molecular weight is 275 g/mol. The van der Waals surface area contributed by atoms with E-state index in [-0.39, 0.29) is 5.76 Å². The molecule has 0 aromatic carbocycles. The van der Waals surface area contributed by atoms with E-state index in [2.05, 4.69) is 15.0 Å². The fourth-order valence-corrected chi connectivity index (χ4v) is 1.91. The zero-order chi connectivity index (χ0) is 14.5. The Hall–Kier alpha value is -3.01. The number of aliphatic hydroxyl groups excluding tert-OH is 1. The summed E-state index contributed by atoms with van der Waals surface area (Å²) in [6.45, 7) is 0. The molecule has 0 amide bonds. The van der Waals surface area contributed by atoms with Gasteiger partial charge in [0, 0.05) is 18.5 Å². The van der Waals surface area contributed by atoms with Crippen LogP contribution >= 0.6 is 0 Å². The Morgan fingerprint density at radius 2 is 1.57 bits per heavy atom. The van der Waals surface area contributed by atoms with E-state index in [0.29, 0.717) is 17.1 Å². The first-order chi connectivity index (χ1) is 10.3. The quantitative estimate of drug-likeness (QED) is 0.742. The Morgan fingerprint density at radius 3 is 2.29 bits per heavy atom. The van der Waals surface area contributed by atoms with Crippen molar-refractivity contribution in [1.82, 2.24) is 15.0 Å². The van der Waals surface area contributed by atoms with Crippen LogP contribution in [0.4, 0.5) is 0 Å². The van der Waals surface area contributed by atoms with Crippen LogP contribution in [0.15, 0.2) is 67.0 Å². The van der Waals surface area contributed by atoms with Gasteiger partial charge in [0.05, 0.1) is 17.1 Å². The minimum atomic E-state index is 0.0754. The molecule has 0 saturated carbocycles. The number of hydrogen-bond donors (Lipinski definition) is 1. The summed E-state index contributed by atoms with van der Waals surface area (Å²) in [5.74, 6) is 0.0754. The number of aromatic nitrogens is 3. The number of rotatable bonds is 3. The second-order valence-corrected chi connectivity index (χ2v) is 4.41. The van der Waals surface area contributed by atoms with Crippen molar-refractivity contribution in [3.8, 4) is 11.4 Å². The lowest BCUT2D eigenvalue weighted by atomic mass is 10.2. The van der Waals surface area contributed by atoms with Crippen molar-refractivity contribution >= 4 is 11.8 Å². The molecule has 4 nitrogen and oxygen atoms in total. The second kappa shape index (κ2) is 5.96. The Balaban J connectivity index is 1.95. The first-order valence-electron chi connectivity index (χ1n) is 6.53. The molecule has 0 spiro atoms. The van der Waals surface area contributed by atoms with Gasteiger partial charge in [-0.05, 0) is 36.4 Å². The number of hydrogen-bond acceptors (Lipinski definition) is 4. The number of aliphatic hydroxyl groups is 1. The minimum absolute atomic E-state index is 0.0754. The van der Waals surface area contributed by atoms with Gasteiger partial charge in [-0.1, -0.05) is 18.2 Å². The molecule has 3 rings (SSSR count). The Morgan fingerprint density at radius 1 is 0.810 bits per heavy atom. The van der Waals surface area contributed by atoms with Crippen molar-refractivity contribution in [3.05, 3.63) is 78.4 Å². The normalized spacial score (nSPS) is 11.3. The molecule has 0 aliphatic rings. The maximum absolute atomic E-state index is 10.2. The first-order valence-corrected chi connectivity index (χ1v) is 6.53. The van der Waals surface area contributed by atoms with Gasteiger partial charge in [0.1, 0.15) is 11.5 Å². The molecular weight excluding hydrogens is 262 g/mol. The van der Waals surface area contributed by atoms with Crippen molar-refractivity contribution in [2.75, 3.05) is 0 Å². The molecule has 21 heavy (non-hydrogen) atoms. The molecule has 3 aromatic heterocycles. The molecule has 0 aliphatic carbocycles. The van der Waals surface area contributed by atoms with Gasteiger partial charge < -0.3 is 5.11 Å². The highest BCUT2D eigenvalue weighted by Crippen LogP contribution is 2.18. The van der Waals surface area contributed by atoms with Crippen molar-refractivity contribution < 1.29 is 5.11 Å². The van der Waals surface area contributed by atoms with Crippen molar-refractivity contribution in [3.63, 3.8) is 0 Å². The summed E-state index contributed by atoms with van der Waals surface area (Å²) < 4.78 is 0. The third-order valence-corrected chi connectivity index (χ3v) is 2.91. The Kier molecular flexibility index (Phi) is 3.69. The van der Waals surface area contributed by atoms with E-state index in [9.17, 15) is 5.11 Å². The maximum atomic E-state index is 10.2. The van der Waals surface area contributed by atoms with Gasteiger partial charge in [-0.3, -0.25) is 9.97 Å². The van der Waals surface area contributed by atoms with E-state index < -0.39 is 0 Å². The first kappa shape index (κ1) is 13.0. The largest absolute Gasteiger partial charge is 0.506 e. The molecule has 0 radical (unpaired) electrons. The van der Waals surface area contributed by atoms with E-state index in [1.165, 1.54) is 0 Å². The van der Waals surface area contributed by atoms with Crippen LogP contribution in [0.25, 0.3) is 23.2 Å². The molecule has 0 aliphatic heterocycles. The zero-order valence-corrected chi connectivity index (χ0v) is 11.2. The van der Waals surface area contributed by atoms with Gasteiger partial charge in [-0.2, -0.15) is 0 Å². The van der Waals surface area contributed by atoms with Gasteiger partial charge >= 0.3 is 0 Å². The van der Waals surface area contributed by atoms with Gasteiger partial charge in [0.25, 0.3) is 0 Å². The van der Waals surface area contributed by atoms with Crippen LogP contribution in [-0.4, -0.2) is 20.1 Å². The molecule has 0 atom stereocenters. The van der Waals surface area contributed by atoms with Crippen LogP contribution in [0.3, 0.4) is 0 Å². The summed E-state index contributed by atoms with van der Waals surface area (Å²) in [7, 11) is 0. The Bertz CT molecular complexity index is 755. The van der Waals surface area contributed by atoms with Gasteiger partial charge in [-0.15, -0.1) is 0 Å². The topological polar surface area (TPSA) is 58.9 Å². The molecule has 3 aromatic rings. The molecule has 4 heteroatoms. The van der Waals surface area contributed by atoms with Crippen molar-refractivity contribution in [1.29, 1.82) is 0 Å². The van der Waals surface area contributed by atoms with E-state index in [1.807, 2.05) is 48.5 Å². The second-order valence-electron chi connectivity index (χ2n) is 4.41. The predicted octanol–water partition coefficient (Wildman–Crippen LogP) is 3.59. The highest BCUT2D eigenvalue weighted by molar-refractivity contribution is 5.74. The van der Waals surface area contributed by atoms with Crippen LogP contribution in [-0.2, 0) is 0 Å². The summed E-state index contributed by atoms with van der Waals surface area (Å²) in [5, 5.41) is 10.2. The summed E-state index contributed by atoms with van der Waals surface area (Å²) >= 11 is 0. The summed E-state index contributed by atoms with van der Waals surface area (Å²) in [4.78, 5) is 12.8. The lowest BCUT2D eigenvalue weighted by Crippen LogP contribution is -1.93. The highest BCUT2D eigenvalue weighted by atomic mass is 16.3. The van der Waals surface area contributed by atoms with Crippen LogP contribution in [0.5, 0.6) is 0 Å². The molecule has 0 unspecified atom stereocenters. The average Bonchev–Trinajstić information content (AvgIpc) is 2.57. The number of pyridine rings is 3. The van der Waals surface area contributed by atoms with Crippen LogP contribution in [0, 0.1) is 0 Å². The van der Waals surface area contributed by atoms with Crippen molar-refractivity contribution in [2.45, 2.75) is 0 Å². The molecule has 0 fully saturated rings. The van der Waals surface area contributed by atoms with Crippen LogP contribution in [0.2, 0.25) is 0 Å². The van der Waals surface area contributed by atoms with Crippen LogP contribution < -0.4 is 0 Å². The van der Waals surface area contributed by atoms with Gasteiger partial charge in [-0.25, -0.2) is 4.98 Å². The van der Waals surface area contributed by atoms with Gasteiger partial charge in [0.2, 0.25) is 0 Å². The lowest BCUT2D eigenvalue weighted by Gasteiger charge is -2.03. The van der Waals surface area contributed by atoms with Crippen molar-refractivity contribution in [2.24, 2.45) is 0 Å². The molecule has 1 N–H and O–H groups in total. The predicted molar refractivity (Wildman–Crippen MR) is 82.2 cm³/mol. The maximum Gasteiger partial charge on any atom is 0.143 e. The zero-order valence-electron chi connectivity index (χ0n) is 11.2. The SMILES string of the molecule is O/C(=C/c1ccccn1)c1cccc(-c2ccccn2)n1. The third kappa shape index (κ3) is 3.12. The Labute approximate surface area is 122 Å². The number of nitrogens with zero attached hydrogens (tertiary/aromatic N) is 3. The van der Waals surface area contributed by atoms with E-state index >= 15 is 0 Å². The van der Waals surface area contributed by atoms with Crippen LogP contribution in [0.1, 0.15) is 11.4 Å². The third-order valence-electron chi connectivity index (χ3n) is 2.91. The fourth-order valence-electron chi connectivity index (χ4n) is 1.91. The molecule has 0 bridgehead atoms. The minimum Gasteiger partial charge on any atom is -0.506 e. The molecule has 102 valence electrons. The lowest BCUT2D eigenvalue weighted by molar-refractivity contribution is 0.512. The summed E-state index contributed by atoms with van der Waals surface area (Å²) in [5.41, 5.74) is 2.66. The van der Waals surface area contributed by atoms with E-state index in [0.717, 1.165) is 5.69 Å². The van der Waals surface area contributed by atoms with Gasteiger partial charge in [0.15, 0.2) is 0 Å². The van der Waals surface area contributed by atoms with E-state index in [1.54, 1.807) is 24.5 Å². The summed E-state index contributed by atoms with van der Waals surface area (Å²) in [6, 6.07) is 16.6. The molecule has 0 saturated heterocycles. The molecule has 3 heterocycles.